The van der Waals surface area contributed by atoms with E-state index in [4.69, 9.17) is 5.73 Å². The van der Waals surface area contributed by atoms with E-state index < -0.39 is 0 Å². The van der Waals surface area contributed by atoms with Gasteiger partial charge in [0.05, 0.1) is 11.4 Å². The Hall–Kier alpha value is -2.49. The van der Waals surface area contributed by atoms with Crippen LogP contribution in [0.25, 0.3) is 0 Å². The molecule has 4 radical (unpaired) electrons. The summed E-state index contributed by atoms with van der Waals surface area (Å²) >= 11 is 0. The summed E-state index contributed by atoms with van der Waals surface area (Å²) in [6, 6.07) is 12.2. The molecule has 0 aliphatic rings. The van der Waals surface area contributed by atoms with Crippen molar-refractivity contribution in [1.29, 1.82) is 0 Å². The molecule has 2 aromatic carbocycles. The van der Waals surface area contributed by atoms with E-state index in [1.54, 1.807) is 12.1 Å². The van der Waals surface area contributed by atoms with E-state index in [0.717, 1.165) is 0 Å². The topological polar surface area (TPSA) is 73.7 Å². The van der Waals surface area contributed by atoms with Gasteiger partial charge in [-0.05, 0) is 42.5 Å². The minimum Gasteiger partial charge on any atom is -0.322 e. The van der Waals surface area contributed by atoms with Gasteiger partial charge in [0.25, 0.3) is 5.91 Å². The Morgan fingerprint density at radius 1 is 0.941 bits per heavy atom. The van der Waals surface area contributed by atoms with E-state index >= 15 is 0 Å². The summed E-state index contributed by atoms with van der Waals surface area (Å²) in [5, 5.41) is 2.64. The van der Waals surface area contributed by atoms with Crippen LogP contribution in [-0.2, 0) is 0 Å². The van der Waals surface area contributed by atoms with Crippen molar-refractivity contribution in [1.82, 2.24) is 11.5 Å². The number of carbonyl (C=O) groups is 1. The van der Waals surface area contributed by atoms with Gasteiger partial charge in [-0.1, -0.05) is 6.07 Å². The molecule has 82 valence electrons. The molecule has 4 heteroatoms. The molecule has 1 amide bonds. The fraction of sp³-hybridized carbons (Fsp3) is 0. The van der Waals surface area contributed by atoms with Crippen molar-refractivity contribution in [2.24, 2.45) is 0 Å². The van der Waals surface area contributed by atoms with Crippen LogP contribution in [0.1, 0.15) is 10.4 Å². The molecule has 0 saturated carbocycles. The summed E-state index contributed by atoms with van der Waals surface area (Å²) in [5.74, 6) is -0.296. The smallest absolute Gasteiger partial charge is 0.255 e. The second kappa shape index (κ2) is 4.57. The molecule has 4 nitrogen and oxygen atoms in total. The molecule has 0 fully saturated rings. The Bertz CT molecular complexity index is 535. The molecule has 0 saturated heterocycles. The van der Waals surface area contributed by atoms with Gasteiger partial charge in [0.2, 0.25) is 0 Å². The maximum atomic E-state index is 11.8. The maximum Gasteiger partial charge on any atom is 0.255 e. The summed E-state index contributed by atoms with van der Waals surface area (Å²) in [5.41, 5.74) is 19.5. The molecule has 0 bridgehead atoms. The third-order valence-corrected chi connectivity index (χ3v) is 2.23. The minimum atomic E-state index is -0.296. The Kier molecular flexibility index (Phi) is 2.96. The fourth-order valence-corrected chi connectivity index (χ4v) is 1.40. The number of hydrogen-bond donors (Lipinski definition) is 1. The Balaban J connectivity index is 2.14. The van der Waals surface area contributed by atoms with Crippen molar-refractivity contribution in [3.05, 3.63) is 54.1 Å². The number of carbonyl (C=O) groups excluding carboxylic acids is 1. The van der Waals surface area contributed by atoms with E-state index in [9.17, 15) is 10.5 Å². The highest BCUT2D eigenvalue weighted by atomic mass is 16.1. The van der Waals surface area contributed by atoms with Crippen LogP contribution in [0.2, 0.25) is 0 Å². The van der Waals surface area contributed by atoms with Gasteiger partial charge in [-0.2, -0.15) is 11.5 Å². The second-order valence-corrected chi connectivity index (χ2v) is 3.55. The molecule has 1 N–H and O–H groups in total. The molecule has 2 rings (SSSR count). The van der Waals surface area contributed by atoms with Gasteiger partial charge in [-0.3, -0.25) is 4.79 Å². The van der Waals surface area contributed by atoms with Crippen LogP contribution >= 0.6 is 0 Å². The molecule has 17 heavy (non-hydrogen) atoms. The van der Waals surface area contributed by atoms with Crippen molar-refractivity contribution in [2.45, 2.75) is 0 Å². The van der Waals surface area contributed by atoms with Crippen molar-refractivity contribution >= 4 is 23.0 Å². The lowest BCUT2D eigenvalue weighted by Gasteiger charge is -2.05. The van der Waals surface area contributed by atoms with Gasteiger partial charge in [0.15, 0.2) is 0 Å². The zero-order valence-electron chi connectivity index (χ0n) is 8.92. The van der Waals surface area contributed by atoms with Crippen LogP contribution in [0.5, 0.6) is 0 Å². The van der Waals surface area contributed by atoms with Crippen LogP contribution < -0.4 is 16.8 Å². The minimum absolute atomic E-state index is 0.0912. The molecule has 0 heterocycles. The zero-order chi connectivity index (χ0) is 12.3. The molecule has 0 atom stereocenters. The van der Waals surface area contributed by atoms with Gasteiger partial charge >= 0.3 is 0 Å². The molecule has 0 aliphatic carbocycles. The van der Waals surface area contributed by atoms with Crippen LogP contribution in [0.3, 0.4) is 0 Å². The summed E-state index contributed by atoms with van der Waals surface area (Å²) in [6.07, 6.45) is 0. The number of nitrogens with one attached hydrogen (secondary N) is 1. The lowest BCUT2D eigenvalue weighted by molar-refractivity contribution is 0.102. The summed E-state index contributed by atoms with van der Waals surface area (Å²) in [6.45, 7) is 0. The first-order valence-corrected chi connectivity index (χ1v) is 5.04. The van der Waals surface area contributed by atoms with E-state index in [-0.39, 0.29) is 17.3 Å². The quantitative estimate of drug-likeness (QED) is 0.833. The molecular weight excluding hydrogens is 214 g/mol. The van der Waals surface area contributed by atoms with Gasteiger partial charge in [-0.25, -0.2) is 0 Å². The third-order valence-electron chi connectivity index (χ3n) is 2.23. The Labute approximate surface area is 99.2 Å². The lowest BCUT2D eigenvalue weighted by atomic mass is 10.2. The first-order valence-electron chi connectivity index (χ1n) is 5.04. The van der Waals surface area contributed by atoms with Crippen LogP contribution in [0.15, 0.2) is 48.5 Å². The van der Waals surface area contributed by atoms with Gasteiger partial charge < -0.3 is 5.32 Å². The van der Waals surface area contributed by atoms with Gasteiger partial charge in [-0.15, -0.1) is 0 Å². The van der Waals surface area contributed by atoms with Crippen molar-refractivity contribution in [3.8, 4) is 0 Å². The predicted molar refractivity (Wildman–Crippen MR) is 64.4 cm³/mol. The standard InChI is InChI=1S/C13H9N3O/c14-10-6-4-9(5-7-10)13(17)16-12-3-1-2-11(15)8-12/h1-8H,(H,16,17). The highest BCUT2D eigenvalue weighted by Gasteiger charge is 2.05. The SMILES string of the molecule is [N]c1ccc(C(=O)Nc2cccc([N])c2)cc1. The molecule has 2 aromatic rings. The van der Waals surface area contributed by atoms with Crippen LogP contribution in [0, 0.1) is 0 Å². The molecule has 0 spiro atoms. The summed E-state index contributed by atoms with van der Waals surface area (Å²) in [7, 11) is 0. The van der Waals surface area contributed by atoms with Gasteiger partial charge in [0, 0.05) is 11.3 Å². The Morgan fingerprint density at radius 3 is 2.29 bits per heavy atom. The van der Waals surface area contributed by atoms with E-state index in [1.807, 2.05) is 0 Å². The second-order valence-electron chi connectivity index (χ2n) is 3.55. The van der Waals surface area contributed by atoms with Crippen LogP contribution in [0.4, 0.5) is 17.1 Å². The normalized spacial score (nSPS) is 9.88. The van der Waals surface area contributed by atoms with Crippen molar-refractivity contribution in [3.63, 3.8) is 0 Å². The fourth-order valence-electron chi connectivity index (χ4n) is 1.40. The number of hydrogen-bond acceptors (Lipinski definition) is 1. The monoisotopic (exact) mass is 223 g/mol. The first-order chi connectivity index (χ1) is 8.15. The van der Waals surface area contributed by atoms with Crippen molar-refractivity contribution in [2.75, 3.05) is 5.32 Å². The lowest BCUT2D eigenvalue weighted by Crippen LogP contribution is -2.11. The maximum absolute atomic E-state index is 11.8. The highest BCUT2D eigenvalue weighted by molar-refractivity contribution is 6.04. The number of benzene rings is 2. The third kappa shape index (κ3) is 2.75. The largest absolute Gasteiger partial charge is 0.322 e. The zero-order valence-corrected chi connectivity index (χ0v) is 8.92. The Morgan fingerprint density at radius 2 is 1.65 bits per heavy atom. The van der Waals surface area contributed by atoms with Crippen molar-refractivity contribution < 1.29 is 4.79 Å². The van der Waals surface area contributed by atoms with Crippen LogP contribution in [-0.4, -0.2) is 5.91 Å². The first kappa shape index (κ1) is 11.0. The number of rotatable bonds is 2. The molecular formula is C13H9N3O. The average molecular weight is 223 g/mol. The van der Waals surface area contributed by atoms with Gasteiger partial charge in [0.1, 0.15) is 0 Å². The number of anilines is 1. The summed E-state index contributed by atoms with van der Waals surface area (Å²) < 4.78 is 0. The molecule has 0 aromatic heterocycles. The number of nitrogens with zero attached hydrogens (tertiary/aromatic N) is 2. The molecule has 0 unspecified atom stereocenters. The number of amides is 1. The van der Waals surface area contributed by atoms with E-state index in [2.05, 4.69) is 5.32 Å². The predicted octanol–water partition coefficient (Wildman–Crippen LogP) is 2.34. The van der Waals surface area contributed by atoms with E-state index in [0.29, 0.717) is 11.3 Å². The van der Waals surface area contributed by atoms with E-state index in [1.165, 1.54) is 36.4 Å². The summed E-state index contributed by atoms with van der Waals surface area (Å²) in [4.78, 5) is 11.8. The molecule has 0 aliphatic heterocycles. The average Bonchev–Trinajstić information content (AvgIpc) is 2.29. The highest BCUT2D eigenvalue weighted by Crippen LogP contribution is 2.15.